The predicted molar refractivity (Wildman–Crippen MR) is 128 cm³/mol. The van der Waals surface area contributed by atoms with Crippen LogP contribution in [0.5, 0.6) is 5.75 Å². The van der Waals surface area contributed by atoms with E-state index in [2.05, 4.69) is 42.2 Å². The molecule has 1 aliphatic heterocycles. The Labute approximate surface area is 195 Å². The maximum atomic E-state index is 14.9. The molecular weight excluding hydrogens is 418 g/mol. The largest absolute Gasteiger partial charge is 0.492 e. The quantitative estimate of drug-likeness (QED) is 0.378. The minimum atomic E-state index is -1.04. The zero-order valence-electron chi connectivity index (χ0n) is 19.5. The van der Waals surface area contributed by atoms with Crippen molar-refractivity contribution >= 4 is 5.57 Å². The molecule has 3 aliphatic rings. The molecule has 0 unspecified atom stereocenters. The zero-order chi connectivity index (χ0) is 22.8. The molecule has 5 heteroatoms. The monoisotopic (exact) mass is 452 g/mol. The first-order valence-corrected chi connectivity index (χ1v) is 12.5. The molecule has 0 N–H and O–H groups in total. The Morgan fingerprint density at radius 1 is 1.09 bits per heavy atom. The first kappa shape index (κ1) is 22.5. The Morgan fingerprint density at radius 3 is 2.67 bits per heavy atom. The summed E-state index contributed by atoms with van der Waals surface area (Å²) < 4.78 is 33.0. The summed E-state index contributed by atoms with van der Waals surface area (Å²) in [5.74, 6) is 0.757. The van der Waals surface area contributed by atoms with Crippen molar-refractivity contribution in [2.75, 3.05) is 19.8 Å². The van der Waals surface area contributed by atoms with Crippen LogP contribution in [0.25, 0.3) is 5.57 Å². The lowest BCUT2D eigenvalue weighted by Crippen LogP contribution is -2.45. The lowest BCUT2D eigenvalue weighted by atomic mass is 9.86. The summed E-state index contributed by atoms with van der Waals surface area (Å²) in [5.41, 5.74) is 5.47. The van der Waals surface area contributed by atoms with Gasteiger partial charge in [-0.3, -0.25) is 14.3 Å². The molecule has 1 aromatic carbocycles. The van der Waals surface area contributed by atoms with Gasteiger partial charge in [0.25, 0.3) is 0 Å². The summed E-state index contributed by atoms with van der Waals surface area (Å²) in [5, 5.41) is 0. The van der Waals surface area contributed by atoms with Gasteiger partial charge in [-0.2, -0.15) is 0 Å². The topological polar surface area (TPSA) is 25.4 Å². The highest BCUT2D eigenvalue weighted by Crippen LogP contribution is 2.51. The lowest BCUT2D eigenvalue weighted by molar-refractivity contribution is 0.0996. The second-order valence-corrected chi connectivity index (χ2v) is 9.99. The van der Waals surface area contributed by atoms with Gasteiger partial charge in [0.2, 0.25) is 0 Å². The van der Waals surface area contributed by atoms with Crippen molar-refractivity contribution in [1.29, 1.82) is 0 Å². The molecular formula is C28H34F2N2O. The Balaban J connectivity index is 1.36. The van der Waals surface area contributed by atoms with Crippen LogP contribution in [-0.4, -0.2) is 41.4 Å². The number of rotatable bonds is 10. The van der Waals surface area contributed by atoms with Crippen LogP contribution in [0.3, 0.4) is 0 Å². The maximum absolute atomic E-state index is 14.9. The van der Waals surface area contributed by atoms with Crippen LogP contribution in [0.1, 0.15) is 74.7 Å². The molecule has 2 aliphatic carbocycles. The third-order valence-electron chi connectivity index (χ3n) is 7.43. The van der Waals surface area contributed by atoms with Gasteiger partial charge in [-0.1, -0.05) is 30.7 Å². The van der Waals surface area contributed by atoms with Gasteiger partial charge < -0.3 is 4.74 Å². The average molecular weight is 453 g/mol. The summed E-state index contributed by atoms with van der Waals surface area (Å²) >= 11 is 0. The van der Waals surface area contributed by atoms with Crippen LogP contribution in [0, 0.1) is 0 Å². The normalized spacial score (nSPS) is 23.4. The highest BCUT2D eigenvalue weighted by Gasteiger charge is 2.49. The fourth-order valence-corrected chi connectivity index (χ4v) is 5.42. The first-order chi connectivity index (χ1) is 16.1. The molecule has 2 atom stereocenters. The van der Waals surface area contributed by atoms with Gasteiger partial charge in [0.15, 0.2) is 0 Å². The van der Waals surface area contributed by atoms with E-state index in [1.54, 1.807) is 6.20 Å². The Bertz CT molecular complexity index is 999. The van der Waals surface area contributed by atoms with Crippen LogP contribution in [0.2, 0.25) is 0 Å². The van der Waals surface area contributed by atoms with Crippen molar-refractivity contribution < 1.29 is 13.5 Å². The number of benzene rings is 1. The third kappa shape index (κ3) is 4.84. The summed E-state index contributed by atoms with van der Waals surface area (Å²) in [6.07, 6.45) is 8.45. The summed E-state index contributed by atoms with van der Waals surface area (Å²) in [6, 6.07) is 13.0. The van der Waals surface area contributed by atoms with Crippen LogP contribution >= 0.6 is 0 Å². The van der Waals surface area contributed by atoms with E-state index >= 15 is 0 Å². The van der Waals surface area contributed by atoms with Gasteiger partial charge in [0.05, 0.1) is 31.2 Å². The molecule has 0 saturated heterocycles. The summed E-state index contributed by atoms with van der Waals surface area (Å²) in [6.45, 7) is 3.08. The van der Waals surface area contributed by atoms with E-state index in [1.165, 1.54) is 22.3 Å². The number of halogens is 2. The Hall–Kier alpha value is -2.27. The molecule has 1 aromatic heterocycles. The number of unbranched alkanes of at least 4 members (excludes halogenated alkanes) is 3. The molecule has 33 heavy (non-hydrogen) atoms. The Kier molecular flexibility index (Phi) is 6.51. The molecule has 0 spiro atoms. The average Bonchev–Trinajstić information content (AvgIpc) is 3.44. The summed E-state index contributed by atoms with van der Waals surface area (Å²) in [4.78, 5) is 7.17. The van der Waals surface area contributed by atoms with E-state index < -0.39 is 5.67 Å². The van der Waals surface area contributed by atoms with Gasteiger partial charge in [-0.15, -0.1) is 0 Å². The van der Waals surface area contributed by atoms with Crippen LogP contribution in [0.4, 0.5) is 8.78 Å². The molecule has 5 rings (SSSR count). The molecule has 2 heterocycles. The molecule has 0 radical (unpaired) electrons. The lowest BCUT2D eigenvalue weighted by Gasteiger charge is -2.42. The number of alkyl halides is 2. The first-order valence-electron chi connectivity index (χ1n) is 12.5. The fourth-order valence-electron chi connectivity index (χ4n) is 5.42. The minimum Gasteiger partial charge on any atom is -0.492 e. The van der Waals surface area contributed by atoms with Crippen molar-refractivity contribution in [2.24, 2.45) is 0 Å². The van der Waals surface area contributed by atoms with Crippen LogP contribution < -0.4 is 4.74 Å². The molecule has 3 nitrogen and oxygen atoms in total. The zero-order valence-corrected chi connectivity index (χ0v) is 19.5. The van der Waals surface area contributed by atoms with E-state index in [-0.39, 0.29) is 18.8 Å². The van der Waals surface area contributed by atoms with E-state index in [9.17, 15) is 8.78 Å². The highest BCUT2D eigenvalue weighted by molar-refractivity contribution is 5.78. The number of hydrogen-bond donors (Lipinski definition) is 0. The fraction of sp³-hybridized carbons (Fsp3) is 0.536. The molecule has 1 saturated carbocycles. The molecule has 176 valence electrons. The number of nitrogens with zero attached hydrogens (tertiary/aromatic N) is 2. The molecule has 2 aromatic rings. The second-order valence-electron chi connectivity index (χ2n) is 9.99. The van der Waals surface area contributed by atoms with Gasteiger partial charge in [-0.05, 0) is 86.3 Å². The van der Waals surface area contributed by atoms with Gasteiger partial charge >= 0.3 is 0 Å². The van der Waals surface area contributed by atoms with Crippen molar-refractivity contribution in [3.8, 4) is 5.75 Å². The van der Waals surface area contributed by atoms with Crippen molar-refractivity contribution in [3.63, 3.8) is 0 Å². The van der Waals surface area contributed by atoms with E-state index in [4.69, 9.17) is 9.72 Å². The van der Waals surface area contributed by atoms with E-state index in [1.807, 2.05) is 6.07 Å². The minimum absolute atomic E-state index is 0.000810. The van der Waals surface area contributed by atoms with Crippen molar-refractivity contribution in [3.05, 3.63) is 65.0 Å². The van der Waals surface area contributed by atoms with E-state index in [0.717, 1.165) is 43.5 Å². The van der Waals surface area contributed by atoms with Gasteiger partial charge in [0, 0.05) is 12.6 Å². The predicted octanol–water partition coefficient (Wildman–Crippen LogP) is 6.64. The Morgan fingerprint density at radius 2 is 1.91 bits per heavy atom. The van der Waals surface area contributed by atoms with E-state index in [0.29, 0.717) is 32.4 Å². The van der Waals surface area contributed by atoms with Gasteiger partial charge in [-0.25, -0.2) is 4.39 Å². The molecule has 1 fully saturated rings. The smallest absolute Gasteiger partial charge is 0.137 e. The number of hydrogen-bond acceptors (Lipinski definition) is 3. The van der Waals surface area contributed by atoms with Crippen LogP contribution in [0.15, 0.2) is 48.2 Å². The number of fused-ring (bicyclic) bond motifs is 2. The second kappa shape index (κ2) is 9.54. The van der Waals surface area contributed by atoms with Crippen molar-refractivity contribution in [2.45, 2.75) is 76.0 Å². The number of aromatic nitrogens is 1. The molecule has 0 bridgehead atoms. The SMILES string of the molecule is C[C@@H]1CC2=C(Cc3ccccc32)[C@@H](c2ccc(OCCCCCCF)cn2)N1CC1(F)CC1. The highest BCUT2D eigenvalue weighted by atomic mass is 19.1. The molecule has 0 amide bonds. The third-order valence-corrected chi connectivity index (χ3v) is 7.43. The summed E-state index contributed by atoms with van der Waals surface area (Å²) in [7, 11) is 0. The van der Waals surface area contributed by atoms with Crippen LogP contribution in [-0.2, 0) is 6.42 Å². The maximum Gasteiger partial charge on any atom is 0.137 e. The van der Waals surface area contributed by atoms with Gasteiger partial charge in [0.1, 0.15) is 11.4 Å². The van der Waals surface area contributed by atoms with Crippen molar-refractivity contribution in [1.82, 2.24) is 9.88 Å². The number of pyridine rings is 1. The number of ether oxygens (including phenoxy) is 1. The standard InChI is InChI=1S/C28H34F2N2O/c1-20-16-24-23-9-5-4-8-21(23)17-25(24)27(32(20)19-28(30)12-13-28)26-11-10-22(18-31-26)33-15-7-3-2-6-14-29/h4-5,8-11,18,20,27H,2-3,6-7,12-17,19H2,1H3/t20-,27+/m1/s1.